The van der Waals surface area contributed by atoms with Gasteiger partial charge in [0.05, 0.1) is 17.3 Å². The maximum atomic E-state index is 9.49. The first-order chi connectivity index (χ1) is 17.3. The highest BCUT2D eigenvalue weighted by atomic mass is 15.3. The zero-order valence-electron chi connectivity index (χ0n) is 20.8. The molecule has 1 aliphatic rings. The van der Waals surface area contributed by atoms with Crippen LogP contribution in [0.4, 0.5) is 17.5 Å². The van der Waals surface area contributed by atoms with Crippen molar-refractivity contribution < 1.29 is 0 Å². The Labute approximate surface area is 208 Å². The summed E-state index contributed by atoms with van der Waals surface area (Å²) in [4.78, 5) is 27.1. The molecular formula is C24H28N12. The number of likely N-dealkylation sites (N-methyl/N-ethyl adjacent to an activating group) is 1. The summed E-state index contributed by atoms with van der Waals surface area (Å²) in [5, 5.41) is 17.4. The van der Waals surface area contributed by atoms with Gasteiger partial charge in [0, 0.05) is 38.4 Å². The standard InChI is InChI=1S/C24H28N12/c1-14-5-6-36-21(14)20(18-11-19(31-16(3)30-18)35-9-7-34(4)8-10-35)32-23(33-36)15(2)29-24-17(12-25)22(26)27-13-28-24/h5-6,11,13,15H,7-10H2,1-4H3,(H3,26,27,28,29)/t15-/m0/s1. The summed E-state index contributed by atoms with van der Waals surface area (Å²) in [6.45, 7) is 9.62. The number of aryl methyl sites for hydroxylation is 2. The van der Waals surface area contributed by atoms with E-state index in [-0.39, 0.29) is 17.4 Å². The predicted octanol–water partition coefficient (Wildman–Crippen LogP) is 1.97. The van der Waals surface area contributed by atoms with E-state index in [0.29, 0.717) is 17.5 Å². The fourth-order valence-corrected chi connectivity index (χ4v) is 4.32. The summed E-state index contributed by atoms with van der Waals surface area (Å²) in [6, 6.07) is 5.69. The second kappa shape index (κ2) is 9.35. The molecule has 0 amide bonds. The van der Waals surface area contributed by atoms with E-state index in [4.69, 9.17) is 25.8 Å². The van der Waals surface area contributed by atoms with Gasteiger partial charge in [0.15, 0.2) is 5.82 Å². The molecule has 36 heavy (non-hydrogen) atoms. The molecule has 5 rings (SSSR count). The monoisotopic (exact) mass is 484 g/mol. The minimum atomic E-state index is -0.378. The van der Waals surface area contributed by atoms with Crippen LogP contribution in [0.15, 0.2) is 24.7 Å². The van der Waals surface area contributed by atoms with Crippen LogP contribution in [0, 0.1) is 25.2 Å². The number of hydrogen-bond acceptors (Lipinski definition) is 11. The molecule has 184 valence electrons. The molecule has 4 aromatic heterocycles. The van der Waals surface area contributed by atoms with Crippen LogP contribution in [0.2, 0.25) is 0 Å². The Balaban J connectivity index is 1.57. The molecule has 1 saturated heterocycles. The van der Waals surface area contributed by atoms with Gasteiger partial charge in [-0.2, -0.15) is 10.4 Å². The van der Waals surface area contributed by atoms with Crippen LogP contribution in [0.25, 0.3) is 16.9 Å². The molecule has 0 aliphatic carbocycles. The zero-order chi connectivity index (χ0) is 25.4. The summed E-state index contributed by atoms with van der Waals surface area (Å²) in [5.74, 6) is 2.56. The number of nitriles is 1. The molecule has 12 heteroatoms. The fourth-order valence-electron chi connectivity index (χ4n) is 4.32. The molecule has 0 spiro atoms. The van der Waals surface area contributed by atoms with Crippen LogP contribution in [-0.2, 0) is 0 Å². The second-order valence-corrected chi connectivity index (χ2v) is 9.02. The Bertz CT molecular complexity index is 1460. The van der Waals surface area contributed by atoms with Crippen LogP contribution in [-0.4, -0.2) is 72.7 Å². The summed E-state index contributed by atoms with van der Waals surface area (Å²) >= 11 is 0. The molecular weight excluding hydrogens is 456 g/mol. The number of hydrogen-bond donors (Lipinski definition) is 2. The number of aromatic nitrogens is 7. The van der Waals surface area contributed by atoms with Crippen LogP contribution in [0.5, 0.6) is 0 Å². The average molecular weight is 485 g/mol. The minimum absolute atomic E-state index is 0.119. The van der Waals surface area contributed by atoms with E-state index in [1.807, 2.05) is 43.6 Å². The molecule has 1 aliphatic heterocycles. The molecule has 1 atom stereocenters. The number of nitrogens with zero attached hydrogens (tertiary/aromatic N) is 10. The quantitative estimate of drug-likeness (QED) is 0.428. The van der Waals surface area contributed by atoms with Crippen molar-refractivity contribution in [3.63, 3.8) is 0 Å². The number of piperazine rings is 1. The van der Waals surface area contributed by atoms with E-state index in [1.54, 1.807) is 0 Å². The average Bonchev–Trinajstić information content (AvgIpc) is 3.24. The van der Waals surface area contributed by atoms with Gasteiger partial charge in [0.25, 0.3) is 0 Å². The Hall–Kier alpha value is -4.37. The summed E-state index contributed by atoms with van der Waals surface area (Å²) < 4.78 is 1.82. The second-order valence-electron chi connectivity index (χ2n) is 9.02. The largest absolute Gasteiger partial charge is 0.382 e. The van der Waals surface area contributed by atoms with E-state index < -0.39 is 0 Å². The highest BCUT2D eigenvalue weighted by molar-refractivity contribution is 5.78. The smallest absolute Gasteiger partial charge is 0.172 e. The first-order valence-corrected chi connectivity index (χ1v) is 11.8. The lowest BCUT2D eigenvalue weighted by molar-refractivity contribution is 0.312. The summed E-state index contributed by atoms with van der Waals surface area (Å²) in [7, 11) is 2.13. The minimum Gasteiger partial charge on any atom is -0.382 e. The number of anilines is 3. The van der Waals surface area contributed by atoms with Crippen molar-refractivity contribution in [2.24, 2.45) is 0 Å². The molecule has 0 aromatic carbocycles. The van der Waals surface area contributed by atoms with E-state index >= 15 is 0 Å². The molecule has 5 heterocycles. The van der Waals surface area contributed by atoms with Gasteiger partial charge < -0.3 is 20.9 Å². The summed E-state index contributed by atoms with van der Waals surface area (Å²) in [5.41, 5.74) is 9.43. The van der Waals surface area contributed by atoms with E-state index in [1.165, 1.54) is 6.33 Å². The van der Waals surface area contributed by atoms with Gasteiger partial charge in [-0.3, -0.25) is 0 Å². The molecule has 0 radical (unpaired) electrons. The molecule has 1 fully saturated rings. The normalized spacial score (nSPS) is 15.1. The van der Waals surface area contributed by atoms with Crippen molar-refractivity contribution in [2.45, 2.75) is 26.8 Å². The van der Waals surface area contributed by atoms with E-state index in [9.17, 15) is 5.26 Å². The number of rotatable bonds is 5. The highest BCUT2D eigenvalue weighted by Gasteiger charge is 2.22. The van der Waals surface area contributed by atoms with E-state index in [2.05, 4.69) is 38.2 Å². The lowest BCUT2D eigenvalue weighted by Crippen LogP contribution is -2.44. The Morgan fingerprint density at radius 1 is 1.11 bits per heavy atom. The lowest BCUT2D eigenvalue weighted by atomic mass is 10.2. The fraction of sp³-hybridized carbons (Fsp3) is 0.375. The van der Waals surface area contributed by atoms with Gasteiger partial charge in [0.2, 0.25) is 0 Å². The van der Waals surface area contributed by atoms with Gasteiger partial charge in [0.1, 0.15) is 46.9 Å². The molecule has 0 saturated carbocycles. The molecule has 0 unspecified atom stereocenters. The van der Waals surface area contributed by atoms with Crippen LogP contribution < -0.4 is 16.0 Å². The number of nitrogens with two attached hydrogens (primary N) is 1. The first kappa shape index (κ1) is 23.4. The van der Waals surface area contributed by atoms with Gasteiger partial charge in [-0.1, -0.05) is 0 Å². The van der Waals surface area contributed by atoms with Crippen molar-refractivity contribution in [1.29, 1.82) is 5.26 Å². The first-order valence-electron chi connectivity index (χ1n) is 11.8. The summed E-state index contributed by atoms with van der Waals surface area (Å²) in [6.07, 6.45) is 3.23. The maximum Gasteiger partial charge on any atom is 0.172 e. The topological polar surface area (TPSA) is 150 Å². The number of nitrogens with one attached hydrogen (secondary N) is 1. The van der Waals surface area contributed by atoms with Gasteiger partial charge in [-0.05, 0) is 39.4 Å². The van der Waals surface area contributed by atoms with Crippen molar-refractivity contribution in [3.05, 3.63) is 47.4 Å². The molecule has 12 nitrogen and oxygen atoms in total. The zero-order valence-corrected chi connectivity index (χ0v) is 20.8. The van der Waals surface area contributed by atoms with Gasteiger partial charge in [-0.15, -0.1) is 0 Å². The van der Waals surface area contributed by atoms with Crippen molar-refractivity contribution in [3.8, 4) is 17.5 Å². The molecule has 0 bridgehead atoms. The third-order valence-electron chi connectivity index (χ3n) is 6.35. The van der Waals surface area contributed by atoms with E-state index in [0.717, 1.165) is 54.5 Å². The Morgan fingerprint density at radius 3 is 2.64 bits per heavy atom. The van der Waals surface area contributed by atoms with Crippen LogP contribution >= 0.6 is 0 Å². The van der Waals surface area contributed by atoms with Crippen molar-refractivity contribution >= 4 is 23.0 Å². The van der Waals surface area contributed by atoms with Crippen LogP contribution in [0.1, 0.15) is 35.7 Å². The third-order valence-corrected chi connectivity index (χ3v) is 6.35. The predicted molar refractivity (Wildman–Crippen MR) is 136 cm³/mol. The number of fused-ring (bicyclic) bond motifs is 1. The molecule has 3 N–H and O–H groups in total. The van der Waals surface area contributed by atoms with Crippen molar-refractivity contribution in [2.75, 3.05) is 49.2 Å². The highest BCUT2D eigenvalue weighted by Crippen LogP contribution is 2.29. The SMILES string of the molecule is Cc1nc(-c2nc([C@H](C)Nc3ncnc(N)c3C#N)nn3ccc(C)c23)cc(N2CCN(C)CC2)n1. The van der Waals surface area contributed by atoms with Gasteiger partial charge >= 0.3 is 0 Å². The number of nitrogen functional groups attached to an aromatic ring is 1. The van der Waals surface area contributed by atoms with Gasteiger partial charge in [-0.25, -0.2) is 29.4 Å². The Morgan fingerprint density at radius 2 is 1.89 bits per heavy atom. The lowest BCUT2D eigenvalue weighted by Gasteiger charge is -2.33. The molecule has 4 aromatic rings. The van der Waals surface area contributed by atoms with Crippen molar-refractivity contribution in [1.82, 2.24) is 39.4 Å². The van der Waals surface area contributed by atoms with Crippen LogP contribution in [0.3, 0.4) is 0 Å². The Kier molecular flexibility index (Phi) is 6.07. The maximum absolute atomic E-state index is 9.49. The third kappa shape index (κ3) is 4.36.